The molecule has 3 heterocycles. The van der Waals surface area contributed by atoms with Gasteiger partial charge in [-0.25, -0.2) is 42.3 Å². The predicted molar refractivity (Wildman–Crippen MR) is 128 cm³/mol. The lowest BCUT2D eigenvalue weighted by Crippen LogP contribution is -2.68. The average Bonchev–Trinajstić information content (AvgIpc) is 2.92. The number of rotatable bonds is 1. The van der Waals surface area contributed by atoms with Crippen molar-refractivity contribution in [2.45, 2.75) is 6.92 Å². The van der Waals surface area contributed by atoms with Gasteiger partial charge in [0.05, 0.1) is 5.39 Å². The number of pyridine rings is 3. The molecule has 41 heavy (non-hydrogen) atoms. The first-order valence-electron chi connectivity index (χ1n) is 11.8. The lowest BCUT2D eigenvalue weighted by atomic mass is 10.1. The Balaban J connectivity index is 0.000000191. The molecule has 0 saturated carbocycles. The van der Waals surface area contributed by atoms with E-state index in [-0.39, 0.29) is 0 Å². The van der Waals surface area contributed by atoms with Gasteiger partial charge >= 0.3 is 0 Å². The Bertz CT molecular complexity index is 1620. The summed E-state index contributed by atoms with van der Waals surface area (Å²) in [5, 5.41) is 5.11. The van der Waals surface area contributed by atoms with E-state index in [9.17, 15) is 0 Å². The van der Waals surface area contributed by atoms with Crippen molar-refractivity contribution in [2.24, 2.45) is 0 Å². The topological polar surface area (TPSA) is 203 Å². The molecule has 0 spiro atoms. The van der Waals surface area contributed by atoms with Gasteiger partial charge in [0.1, 0.15) is 0 Å². The van der Waals surface area contributed by atoms with Crippen LogP contribution in [-0.2, 0) is 0 Å². The first kappa shape index (κ1) is 31.7. The monoisotopic (exact) mass is 598 g/mol. The fraction of sp³-hybridized carbons (Fsp3) is 0.0345. The fourth-order valence-corrected chi connectivity index (χ4v) is 4.04. The van der Waals surface area contributed by atoms with E-state index in [2.05, 4.69) is 114 Å². The fourth-order valence-electron chi connectivity index (χ4n) is 4.04. The number of hydrogen-bond acceptors (Lipinski definition) is 8. The lowest BCUT2D eigenvalue weighted by molar-refractivity contribution is -2.00. The molecule has 0 saturated heterocycles. The highest BCUT2D eigenvalue weighted by Crippen LogP contribution is 2.22. The zero-order valence-corrected chi connectivity index (χ0v) is 23.0. The number of aromatic amines is 1. The van der Waals surface area contributed by atoms with Crippen molar-refractivity contribution in [1.82, 2.24) is 0 Å². The molecule has 6 rings (SSSR count). The van der Waals surface area contributed by atoms with Crippen LogP contribution in [0.2, 0.25) is 0 Å². The molecule has 0 fully saturated rings. The molecule has 0 aliphatic carbocycles. The number of nitrogens with zero attached hydrogens (tertiary/aromatic N) is 1. The van der Waals surface area contributed by atoms with E-state index in [0.717, 1.165) is 0 Å². The van der Waals surface area contributed by atoms with Gasteiger partial charge < -0.3 is 0 Å². The standard InChI is InChI=1S/C20H16N.C9H7N.2ClHO4/c1-15-13-19(17-8-3-2-4-9-17)21-12-11-16-7-5-6-10-18(16)20(21)14-15;1-2-4-9-7-10-6-5-8(9)3-1;2*2-1(3,4)5/h2-14H,1H3;1-7H;2*(H,2,3,4,5)/q+1;;;/p-1. The van der Waals surface area contributed by atoms with Gasteiger partial charge in [-0.3, -0.25) is 0 Å². The number of aryl methyl sites for hydroxylation is 1. The molecule has 1 N–H and O–H groups in total. The Morgan fingerprint density at radius 3 is 1.73 bits per heavy atom. The molecular formula is C29H24Cl2N2O8. The summed E-state index contributed by atoms with van der Waals surface area (Å²) in [6.07, 6.45) is 6.09. The van der Waals surface area contributed by atoms with Crippen LogP contribution in [0, 0.1) is 27.4 Å². The zero-order valence-electron chi connectivity index (χ0n) is 21.5. The van der Waals surface area contributed by atoms with Gasteiger partial charge in [-0.05, 0) is 47.5 Å². The molecule has 212 valence electrons. The summed E-state index contributed by atoms with van der Waals surface area (Å²) in [5.41, 5.74) is 5.01. The summed E-state index contributed by atoms with van der Waals surface area (Å²) in [6, 6.07) is 36.1. The molecule has 0 atom stereocenters. The van der Waals surface area contributed by atoms with Gasteiger partial charge in [0, 0.05) is 35.2 Å². The predicted octanol–water partition coefficient (Wildman–Crippen LogP) is -3.30. The van der Waals surface area contributed by atoms with Gasteiger partial charge in [0.15, 0.2) is 18.6 Å². The smallest absolute Gasteiger partial charge is 0.219 e. The van der Waals surface area contributed by atoms with Crippen molar-refractivity contribution in [3.63, 3.8) is 0 Å². The largest absolute Gasteiger partial charge is 0.222 e. The second kappa shape index (κ2) is 14.2. The van der Waals surface area contributed by atoms with Crippen molar-refractivity contribution < 1.29 is 67.1 Å². The number of halogens is 2. The molecule has 10 nitrogen and oxygen atoms in total. The Morgan fingerprint density at radius 2 is 1.12 bits per heavy atom. The summed E-state index contributed by atoms with van der Waals surface area (Å²) >= 11 is 0. The van der Waals surface area contributed by atoms with Crippen LogP contribution in [0.25, 0.3) is 38.3 Å². The Labute approximate surface area is 239 Å². The molecule has 0 bridgehead atoms. The maximum Gasteiger partial charge on any atom is 0.219 e. The minimum Gasteiger partial charge on any atom is -0.222 e. The van der Waals surface area contributed by atoms with Crippen molar-refractivity contribution in [3.8, 4) is 11.3 Å². The molecular weight excluding hydrogens is 575 g/mol. The average molecular weight is 599 g/mol. The Kier molecular flexibility index (Phi) is 11.0. The number of hydrogen-bond donors (Lipinski definition) is 0. The van der Waals surface area contributed by atoms with E-state index in [1.807, 2.05) is 24.5 Å². The number of nitrogens with one attached hydrogen (secondary N) is 1. The molecule has 0 amide bonds. The van der Waals surface area contributed by atoms with Crippen molar-refractivity contribution in [2.75, 3.05) is 0 Å². The van der Waals surface area contributed by atoms with Crippen LogP contribution in [0.1, 0.15) is 5.56 Å². The molecule has 3 aromatic carbocycles. The van der Waals surface area contributed by atoms with Crippen LogP contribution in [0.5, 0.6) is 0 Å². The molecule has 0 aliphatic rings. The van der Waals surface area contributed by atoms with E-state index >= 15 is 0 Å². The van der Waals surface area contributed by atoms with E-state index in [0.29, 0.717) is 0 Å². The first-order chi connectivity index (χ1) is 19.3. The van der Waals surface area contributed by atoms with Crippen molar-refractivity contribution in [3.05, 3.63) is 127 Å². The van der Waals surface area contributed by atoms with Crippen LogP contribution < -0.4 is 46.7 Å². The van der Waals surface area contributed by atoms with Gasteiger partial charge in [0.25, 0.3) is 0 Å². The molecule has 0 aliphatic heterocycles. The highest BCUT2D eigenvalue weighted by Gasteiger charge is 2.15. The molecule has 12 heteroatoms. The number of aromatic nitrogens is 2. The maximum atomic E-state index is 8.49. The Morgan fingerprint density at radius 1 is 0.585 bits per heavy atom. The highest BCUT2D eigenvalue weighted by molar-refractivity contribution is 5.93. The summed E-state index contributed by atoms with van der Waals surface area (Å²) in [4.78, 5) is 3.04. The summed E-state index contributed by atoms with van der Waals surface area (Å²) in [6.45, 7) is 2.16. The number of benzene rings is 3. The van der Waals surface area contributed by atoms with Gasteiger partial charge in [-0.1, -0.05) is 54.6 Å². The van der Waals surface area contributed by atoms with Crippen LogP contribution in [0.15, 0.2) is 122 Å². The number of H-pyrrole nitrogens is 1. The normalized spacial score (nSPS) is 11.0. The van der Waals surface area contributed by atoms with E-state index in [1.54, 1.807) is 0 Å². The van der Waals surface area contributed by atoms with Gasteiger partial charge in [-0.15, -0.1) is 20.5 Å². The minimum absolute atomic E-state index is 1.23. The van der Waals surface area contributed by atoms with Crippen LogP contribution in [-0.4, -0.2) is 0 Å². The third kappa shape index (κ3) is 11.0. The zero-order chi connectivity index (χ0) is 30.0. The van der Waals surface area contributed by atoms with Crippen LogP contribution in [0.4, 0.5) is 0 Å². The van der Waals surface area contributed by atoms with E-state index in [1.165, 1.54) is 43.9 Å². The van der Waals surface area contributed by atoms with E-state index < -0.39 is 20.5 Å². The molecule has 3 aromatic heterocycles. The summed E-state index contributed by atoms with van der Waals surface area (Å²) in [5.74, 6) is 0. The summed E-state index contributed by atoms with van der Waals surface area (Å²) < 4.78 is 70.2. The second-order valence-electron chi connectivity index (χ2n) is 8.47. The SMILES string of the molecule is Cc1cc(-c2ccccc2)[n+]2ccc3ccccc3c2c1.[O-][Cl+3]([O-])([O-])[O-].[O-][Cl+3]([O-])([O-])[O-].c1ccc2c[nH+]ccc2c1. The van der Waals surface area contributed by atoms with Gasteiger partial charge in [-0.2, -0.15) is 4.40 Å². The minimum atomic E-state index is -4.94. The van der Waals surface area contributed by atoms with Gasteiger partial charge in [0.2, 0.25) is 11.2 Å². The molecule has 0 unspecified atom stereocenters. The molecule has 6 aromatic rings. The first-order valence-corrected chi connectivity index (χ1v) is 14.2. The summed E-state index contributed by atoms with van der Waals surface area (Å²) in [7, 11) is -9.89. The molecule has 0 radical (unpaired) electrons. The van der Waals surface area contributed by atoms with E-state index in [4.69, 9.17) is 37.3 Å². The third-order valence-corrected chi connectivity index (χ3v) is 5.55. The quantitative estimate of drug-likeness (QED) is 0.138. The third-order valence-electron chi connectivity index (χ3n) is 5.55. The highest BCUT2D eigenvalue weighted by atomic mass is 35.7. The van der Waals surface area contributed by atoms with Crippen molar-refractivity contribution >= 4 is 27.1 Å². The number of fused-ring (bicyclic) bond motifs is 4. The second-order valence-corrected chi connectivity index (χ2v) is 9.98. The van der Waals surface area contributed by atoms with Crippen LogP contribution >= 0.6 is 0 Å². The van der Waals surface area contributed by atoms with Crippen molar-refractivity contribution in [1.29, 1.82) is 0 Å². The maximum absolute atomic E-state index is 8.49. The Hall–Kier alpha value is -3.78. The lowest BCUT2D eigenvalue weighted by Gasteiger charge is -2.17. The van der Waals surface area contributed by atoms with Crippen LogP contribution in [0.3, 0.4) is 0 Å².